The number of para-hydroxylation sites is 1. The van der Waals surface area contributed by atoms with Gasteiger partial charge in [0.05, 0.1) is 11.5 Å². The van der Waals surface area contributed by atoms with E-state index >= 15 is 0 Å². The van der Waals surface area contributed by atoms with Gasteiger partial charge < -0.3 is 4.98 Å². The average Bonchev–Trinajstić information content (AvgIpc) is 2.95. The van der Waals surface area contributed by atoms with Gasteiger partial charge in [-0.1, -0.05) is 77.7 Å². The number of hydrogen-bond donors (Lipinski definition) is 0. The fourth-order valence-corrected chi connectivity index (χ4v) is 3.17. The first-order valence-electron chi connectivity index (χ1n) is 8.99. The van der Waals surface area contributed by atoms with E-state index in [2.05, 4.69) is 75.8 Å². The van der Waals surface area contributed by atoms with E-state index in [1.54, 1.807) is 12.4 Å². The Balaban J connectivity index is 0.00000261. The van der Waals surface area contributed by atoms with Crippen LogP contribution < -0.4 is 0 Å². The van der Waals surface area contributed by atoms with Crippen LogP contribution in [0.4, 0.5) is 0 Å². The minimum Gasteiger partial charge on any atom is -0.360 e. The maximum Gasteiger partial charge on any atom is 0.137 e. The van der Waals surface area contributed by atoms with Crippen molar-refractivity contribution in [1.29, 1.82) is 0 Å². The Hall–Kier alpha value is -1.84. The van der Waals surface area contributed by atoms with E-state index in [1.807, 2.05) is 17.7 Å². The molecule has 145 valence electrons. The molecule has 0 unspecified atom stereocenters. The van der Waals surface area contributed by atoms with Crippen LogP contribution in [0.2, 0.25) is 0 Å². The molecule has 0 bridgehead atoms. The Morgan fingerprint density at radius 2 is 1.56 bits per heavy atom. The summed E-state index contributed by atoms with van der Waals surface area (Å²) in [5.41, 5.74) is 4.41. The third kappa shape index (κ3) is 4.36. The molecule has 3 aromatic rings. The van der Waals surface area contributed by atoms with Crippen molar-refractivity contribution in [2.24, 2.45) is 0 Å². The Kier molecular flexibility index (Phi) is 6.08. The van der Waals surface area contributed by atoms with Gasteiger partial charge in [0.15, 0.2) is 0 Å². The Labute approximate surface area is 175 Å². The van der Waals surface area contributed by atoms with Gasteiger partial charge in [0.1, 0.15) is 5.82 Å². The summed E-state index contributed by atoms with van der Waals surface area (Å²) in [6.45, 7) is 15.3. The molecule has 0 saturated heterocycles. The van der Waals surface area contributed by atoms with Crippen LogP contribution in [-0.2, 0) is 30.9 Å². The Morgan fingerprint density at radius 1 is 0.963 bits per heavy atom. The van der Waals surface area contributed by atoms with Crippen LogP contribution in [0.1, 0.15) is 58.5 Å². The van der Waals surface area contributed by atoms with Gasteiger partial charge in [-0.25, -0.2) is 0 Å². The van der Waals surface area contributed by atoms with Gasteiger partial charge in [0.2, 0.25) is 0 Å². The zero-order valence-electron chi connectivity index (χ0n) is 17.1. The first kappa shape index (κ1) is 21.5. The molecule has 1 aromatic carbocycles. The molecule has 0 N–H and O–H groups in total. The topological polar surface area (TPSA) is 43.6 Å². The van der Waals surface area contributed by atoms with E-state index in [1.165, 1.54) is 11.1 Å². The molecule has 0 saturated carbocycles. The van der Waals surface area contributed by atoms with Crippen LogP contribution >= 0.6 is 0 Å². The maximum absolute atomic E-state index is 4.76. The van der Waals surface area contributed by atoms with Gasteiger partial charge in [0.25, 0.3) is 0 Å². The van der Waals surface area contributed by atoms with Crippen molar-refractivity contribution in [2.75, 3.05) is 0 Å². The van der Waals surface area contributed by atoms with E-state index in [0.717, 1.165) is 22.9 Å². The molecule has 27 heavy (non-hydrogen) atoms. The summed E-state index contributed by atoms with van der Waals surface area (Å²) >= 11 is 0. The molecule has 2 heterocycles. The first-order chi connectivity index (χ1) is 12.1. The summed E-state index contributed by atoms with van der Waals surface area (Å²) in [4.78, 5) is 8.92. The van der Waals surface area contributed by atoms with Gasteiger partial charge in [-0.05, 0) is 28.9 Å². The summed E-state index contributed by atoms with van der Waals surface area (Å²) in [6, 6.07) is 11.6. The second kappa shape index (κ2) is 7.65. The van der Waals surface area contributed by atoms with E-state index in [0.29, 0.717) is 0 Å². The molecule has 4 nitrogen and oxygen atoms in total. The summed E-state index contributed by atoms with van der Waals surface area (Å²) in [5.74, 6) is 1.51. The van der Waals surface area contributed by atoms with Crippen LogP contribution in [0.3, 0.4) is 0 Å². The summed E-state index contributed by atoms with van der Waals surface area (Å²) in [5, 5.41) is 4.76. The Morgan fingerprint density at radius 3 is 2.04 bits per heavy atom. The molecule has 5 heteroatoms. The van der Waals surface area contributed by atoms with Gasteiger partial charge in [-0.2, -0.15) is 5.10 Å². The molecule has 0 spiro atoms. The van der Waals surface area contributed by atoms with E-state index in [9.17, 15) is 0 Å². The minimum atomic E-state index is -0.0215. The van der Waals surface area contributed by atoms with Crippen molar-refractivity contribution >= 4 is 0 Å². The Bertz CT molecular complexity index is 883. The normalized spacial score (nSPS) is 12.0. The number of aromatic nitrogens is 4. The van der Waals surface area contributed by atoms with Crippen molar-refractivity contribution in [1.82, 2.24) is 19.7 Å². The summed E-state index contributed by atoms with van der Waals surface area (Å²) in [7, 11) is 0. The predicted molar refractivity (Wildman–Crippen MR) is 106 cm³/mol. The average molecular weight is 540 g/mol. The number of pyridine rings is 1. The van der Waals surface area contributed by atoms with Crippen molar-refractivity contribution < 1.29 is 20.1 Å². The molecule has 1 radical (unpaired) electrons. The molecular formula is C22H27IrN4-. The van der Waals surface area contributed by atoms with Crippen LogP contribution in [0.5, 0.6) is 0 Å². The number of rotatable bonds is 2. The molecule has 0 atom stereocenters. The maximum atomic E-state index is 4.76. The quantitative estimate of drug-likeness (QED) is 0.429. The molecule has 0 amide bonds. The summed E-state index contributed by atoms with van der Waals surface area (Å²) in [6.07, 6.45) is 3.51. The molecule has 0 aliphatic carbocycles. The van der Waals surface area contributed by atoms with Crippen molar-refractivity contribution in [2.45, 2.75) is 59.3 Å². The third-order valence-electron chi connectivity index (χ3n) is 4.42. The van der Waals surface area contributed by atoms with Crippen LogP contribution in [0, 0.1) is 13.0 Å². The van der Waals surface area contributed by atoms with Crippen molar-refractivity contribution in [3.8, 4) is 17.1 Å². The van der Waals surface area contributed by atoms with Gasteiger partial charge in [-0.3, -0.25) is 9.67 Å². The number of benzene rings is 1. The van der Waals surface area contributed by atoms with E-state index < -0.39 is 0 Å². The minimum absolute atomic E-state index is 0. The molecule has 0 fully saturated rings. The van der Waals surface area contributed by atoms with E-state index in [-0.39, 0.29) is 30.9 Å². The van der Waals surface area contributed by atoms with Crippen LogP contribution in [0.25, 0.3) is 17.1 Å². The predicted octanol–water partition coefficient (Wildman–Crippen LogP) is 5.03. The SMILES string of the molecule is Cc1nc(-c2[c-]ccnc2)n(-c2c(C(C)(C)C)cccc2C(C)(C)C)n1.[Ir]. The van der Waals surface area contributed by atoms with Crippen molar-refractivity contribution in [3.05, 3.63) is 59.7 Å². The molecule has 0 aliphatic heterocycles. The zero-order chi connectivity index (χ0) is 19.1. The largest absolute Gasteiger partial charge is 0.360 e. The molecule has 2 aromatic heterocycles. The monoisotopic (exact) mass is 540 g/mol. The van der Waals surface area contributed by atoms with Crippen LogP contribution in [-0.4, -0.2) is 19.7 Å². The van der Waals surface area contributed by atoms with Gasteiger partial charge in [0, 0.05) is 20.1 Å². The van der Waals surface area contributed by atoms with E-state index in [4.69, 9.17) is 5.10 Å². The molecular weight excluding hydrogens is 512 g/mol. The number of nitrogens with zero attached hydrogens (tertiary/aromatic N) is 4. The van der Waals surface area contributed by atoms with Gasteiger partial charge >= 0.3 is 0 Å². The third-order valence-corrected chi connectivity index (χ3v) is 4.42. The number of aryl methyl sites for hydroxylation is 1. The second-order valence-corrected chi connectivity index (χ2v) is 8.75. The molecule has 3 rings (SSSR count). The fourth-order valence-electron chi connectivity index (χ4n) is 3.17. The standard InChI is InChI=1S/C22H27N4.Ir/c1-15-24-20(16-10-9-13-23-14-16)26(25-15)19-17(21(2,3)4)11-8-12-18(19)22(5,6)7;/h8-9,11-14H,1-7H3;/q-1;. The number of hydrogen-bond acceptors (Lipinski definition) is 3. The van der Waals surface area contributed by atoms with Crippen molar-refractivity contribution in [3.63, 3.8) is 0 Å². The fraction of sp³-hybridized carbons (Fsp3) is 0.409. The van der Waals surface area contributed by atoms with Gasteiger partial charge in [-0.15, -0.1) is 12.1 Å². The molecule has 0 aliphatic rings. The first-order valence-corrected chi connectivity index (χ1v) is 8.99. The second-order valence-electron chi connectivity index (χ2n) is 8.75. The summed E-state index contributed by atoms with van der Waals surface area (Å²) < 4.78 is 1.98. The zero-order valence-corrected chi connectivity index (χ0v) is 19.5. The smallest absolute Gasteiger partial charge is 0.137 e. The van der Waals surface area contributed by atoms with Crippen LogP contribution in [0.15, 0.2) is 36.7 Å².